The van der Waals surface area contributed by atoms with Crippen LogP contribution in [0.25, 0.3) is 6.08 Å². The molecule has 0 saturated heterocycles. The normalized spacial score (nSPS) is 21.9. The van der Waals surface area contributed by atoms with E-state index >= 15 is 0 Å². The van der Waals surface area contributed by atoms with Gasteiger partial charge in [-0.2, -0.15) is 0 Å². The van der Waals surface area contributed by atoms with Gasteiger partial charge in [0, 0.05) is 47.2 Å². The monoisotopic (exact) mass is 498 g/mol. The summed E-state index contributed by atoms with van der Waals surface area (Å²) in [5.74, 6) is 2.16. The van der Waals surface area contributed by atoms with Gasteiger partial charge in [0.1, 0.15) is 11.5 Å². The van der Waals surface area contributed by atoms with E-state index < -0.39 is 0 Å². The second kappa shape index (κ2) is 7.87. The summed E-state index contributed by atoms with van der Waals surface area (Å²) in [6.07, 6.45) is 8.19. The summed E-state index contributed by atoms with van der Waals surface area (Å²) in [7, 11) is 0. The summed E-state index contributed by atoms with van der Waals surface area (Å²) in [4.78, 5) is 7.83. The molecule has 4 aliphatic heterocycles. The number of ether oxygens (including phenoxy) is 1. The molecule has 2 aromatic carbocycles. The van der Waals surface area contributed by atoms with Crippen LogP contribution >= 0.6 is 0 Å². The van der Waals surface area contributed by atoms with Crippen molar-refractivity contribution >= 4 is 11.8 Å². The molecule has 2 aromatic rings. The third kappa shape index (κ3) is 3.62. The molecule has 0 N–H and O–H groups in total. The first kappa shape index (κ1) is 25.0. The fourth-order valence-corrected chi connectivity index (χ4v) is 7.59. The average Bonchev–Trinajstić information content (AvgIpc) is 2.80. The summed E-state index contributed by atoms with van der Waals surface area (Å²) < 4.78 is 7.20. The highest BCUT2D eigenvalue weighted by Crippen LogP contribution is 2.55. The minimum atomic E-state index is 0.0276. The molecule has 4 heterocycles. The molecule has 0 spiro atoms. The number of nitrogens with zero attached hydrogens (tertiary/aromatic N) is 2. The highest BCUT2D eigenvalue weighted by atomic mass is 16.5. The summed E-state index contributed by atoms with van der Waals surface area (Å²) in [6.45, 7) is 24.7. The van der Waals surface area contributed by atoms with Gasteiger partial charge in [0.25, 0.3) is 0 Å². The predicted octanol–water partition coefficient (Wildman–Crippen LogP) is 7.17. The third-order valence-corrected chi connectivity index (χ3v) is 10.1. The molecule has 198 valence electrons. The Hall–Kier alpha value is -2.29. The minimum Gasteiger partial charge on any atom is -0.455 e. The van der Waals surface area contributed by atoms with Crippen molar-refractivity contribution < 1.29 is 4.74 Å². The van der Waals surface area contributed by atoms with Crippen molar-refractivity contribution in [1.82, 2.24) is 0 Å². The maximum absolute atomic E-state index is 7.20. The van der Waals surface area contributed by atoms with E-state index in [1.165, 1.54) is 56.9 Å². The molecule has 0 fully saturated rings. The van der Waals surface area contributed by atoms with Crippen molar-refractivity contribution in [3.05, 3.63) is 50.5 Å². The summed E-state index contributed by atoms with van der Waals surface area (Å²) in [6, 6.07) is 4.89. The maximum atomic E-state index is 7.20. The van der Waals surface area contributed by atoms with Gasteiger partial charge in [0.2, 0.25) is 0 Å². The SMILES string of the molecule is CCCC(C)(C)c1cc2c(c3c1=NCCC3(C)C)Oc1c(cc3c4c1C(C)(C)CCN4CCC3(C)C)C=2. The molecule has 4 aliphatic rings. The first-order chi connectivity index (χ1) is 17.3. The van der Waals surface area contributed by atoms with Gasteiger partial charge in [-0.05, 0) is 76.7 Å². The lowest BCUT2D eigenvalue weighted by Crippen LogP contribution is -2.45. The quantitative estimate of drug-likeness (QED) is 0.382. The van der Waals surface area contributed by atoms with E-state index in [4.69, 9.17) is 9.73 Å². The fraction of sp³-hybridized carbons (Fsp3) is 0.618. The van der Waals surface area contributed by atoms with Crippen LogP contribution in [0.3, 0.4) is 0 Å². The smallest absolute Gasteiger partial charge is 0.140 e. The van der Waals surface area contributed by atoms with Gasteiger partial charge in [-0.1, -0.05) is 68.7 Å². The third-order valence-electron chi connectivity index (χ3n) is 10.1. The second-order valence-corrected chi connectivity index (χ2v) is 14.8. The molecule has 6 rings (SSSR count). The summed E-state index contributed by atoms with van der Waals surface area (Å²) in [5, 5.41) is 2.45. The molecule has 0 unspecified atom stereocenters. The highest BCUT2D eigenvalue weighted by molar-refractivity contribution is 5.79. The van der Waals surface area contributed by atoms with E-state index in [9.17, 15) is 0 Å². The predicted molar refractivity (Wildman–Crippen MR) is 155 cm³/mol. The van der Waals surface area contributed by atoms with Crippen molar-refractivity contribution in [3.8, 4) is 11.5 Å². The summed E-state index contributed by atoms with van der Waals surface area (Å²) in [5.41, 5.74) is 8.72. The Balaban J connectivity index is 1.70. The summed E-state index contributed by atoms with van der Waals surface area (Å²) >= 11 is 0. The number of fused-ring (bicyclic) bond motifs is 5. The Labute approximate surface area is 224 Å². The molecule has 3 heteroatoms. The molecular weight excluding hydrogens is 452 g/mol. The number of benzene rings is 2. The van der Waals surface area contributed by atoms with Crippen LogP contribution < -0.4 is 20.2 Å². The molecule has 37 heavy (non-hydrogen) atoms. The highest BCUT2D eigenvalue weighted by Gasteiger charge is 2.44. The topological polar surface area (TPSA) is 24.8 Å². The van der Waals surface area contributed by atoms with E-state index in [0.717, 1.165) is 50.4 Å². The molecular formula is C34H46N2O. The molecule has 3 nitrogen and oxygen atoms in total. The van der Waals surface area contributed by atoms with Crippen LogP contribution in [-0.2, 0) is 21.7 Å². The molecule has 0 aromatic heterocycles. The fourth-order valence-electron chi connectivity index (χ4n) is 7.59. The molecule has 0 amide bonds. The molecule has 0 bridgehead atoms. The molecule has 0 atom stereocenters. The molecule has 0 radical (unpaired) electrons. The van der Waals surface area contributed by atoms with Crippen LogP contribution in [0.15, 0.2) is 17.1 Å². The zero-order valence-electron chi connectivity index (χ0n) is 24.7. The Morgan fingerprint density at radius 3 is 2.27 bits per heavy atom. The van der Waals surface area contributed by atoms with E-state index in [1.807, 2.05) is 0 Å². The Kier molecular flexibility index (Phi) is 5.32. The minimum absolute atomic E-state index is 0.0276. The van der Waals surface area contributed by atoms with Gasteiger partial charge in [-0.15, -0.1) is 0 Å². The first-order valence-electron chi connectivity index (χ1n) is 14.7. The zero-order chi connectivity index (χ0) is 26.5. The Morgan fingerprint density at radius 2 is 1.57 bits per heavy atom. The van der Waals surface area contributed by atoms with Crippen LogP contribution in [0.2, 0.25) is 0 Å². The van der Waals surface area contributed by atoms with Crippen molar-refractivity contribution in [3.63, 3.8) is 0 Å². The number of hydrogen-bond acceptors (Lipinski definition) is 3. The van der Waals surface area contributed by atoms with Crippen LogP contribution in [0, 0.1) is 0 Å². The largest absolute Gasteiger partial charge is 0.455 e. The van der Waals surface area contributed by atoms with E-state index in [2.05, 4.69) is 85.4 Å². The Bertz CT molecular complexity index is 1420. The van der Waals surface area contributed by atoms with Crippen LogP contribution in [0.1, 0.15) is 122 Å². The van der Waals surface area contributed by atoms with E-state index in [1.54, 1.807) is 0 Å². The van der Waals surface area contributed by atoms with Gasteiger partial charge in [0.15, 0.2) is 0 Å². The standard InChI is InChI=1S/C34H46N2O/c1-10-11-31(2,3)23-19-21-18-22-20-24-28-26(34(8,9)14-17-36(28)16-13-32(24,4)5)30(22)37-29(21)25-27(23)35-15-12-33(25,6)7/h18-20H,10-17H2,1-9H3. The van der Waals surface area contributed by atoms with Gasteiger partial charge in [0.05, 0.1) is 5.36 Å². The van der Waals surface area contributed by atoms with E-state index in [-0.39, 0.29) is 21.7 Å². The van der Waals surface area contributed by atoms with Gasteiger partial charge in [-0.25, -0.2) is 0 Å². The lowest BCUT2D eigenvalue weighted by atomic mass is 9.68. The number of anilines is 1. The number of rotatable bonds is 3. The van der Waals surface area contributed by atoms with Gasteiger partial charge >= 0.3 is 0 Å². The van der Waals surface area contributed by atoms with Crippen LogP contribution in [0.4, 0.5) is 5.69 Å². The van der Waals surface area contributed by atoms with Crippen molar-refractivity contribution in [2.24, 2.45) is 4.99 Å². The van der Waals surface area contributed by atoms with Crippen molar-refractivity contribution in [2.45, 2.75) is 116 Å². The van der Waals surface area contributed by atoms with Gasteiger partial charge in [-0.3, -0.25) is 4.99 Å². The number of hydrogen-bond donors (Lipinski definition) is 0. The van der Waals surface area contributed by atoms with E-state index in [0.29, 0.717) is 0 Å². The average molecular weight is 499 g/mol. The maximum Gasteiger partial charge on any atom is 0.140 e. The zero-order valence-corrected chi connectivity index (χ0v) is 24.7. The lowest BCUT2D eigenvalue weighted by molar-refractivity contribution is 0.369. The molecule has 0 saturated carbocycles. The van der Waals surface area contributed by atoms with Crippen molar-refractivity contribution in [1.29, 1.82) is 0 Å². The molecule has 0 aliphatic carbocycles. The van der Waals surface area contributed by atoms with Crippen LogP contribution in [0.5, 0.6) is 11.5 Å². The Morgan fingerprint density at radius 1 is 0.892 bits per heavy atom. The first-order valence-corrected chi connectivity index (χ1v) is 14.7. The lowest BCUT2D eigenvalue weighted by Gasteiger charge is -2.49. The van der Waals surface area contributed by atoms with Crippen molar-refractivity contribution in [2.75, 3.05) is 24.5 Å². The second-order valence-electron chi connectivity index (χ2n) is 14.8. The van der Waals surface area contributed by atoms with Gasteiger partial charge < -0.3 is 9.64 Å². The van der Waals surface area contributed by atoms with Crippen LogP contribution in [-0.4, -0.2) is 19.6 Å².